The molecule has 8 rings (SSSR count). The van der Waals surface area contributed by atoms with Gasteiger partial charge in [-0.15, -0.1) is 13.5 Å². The van der Waals surface area contributed by atoms with Gasteiger partial charge in [-0.05, 0) is 116 Å². The highest BCUT2D eigenvalue weighted by Gasteiger charge is 2.49. The number of hydrogen-bond acceptors (Lipinski definition) is 28. The molecule has 678 valence electrons. The second-order valence-electron chi connectivity index (χ2n) is 32.2. The average Bonchev–Trinajstić information content (AvgIpc) is 1.65. The summed E-state index contributed by atoms with van der Waals surface area (Å²) in [5.74, 6) is -10.4. The maximum absolute atomic E-state index is 14.9. The smallest absolute Gasteiger partial charge is 0.481 e. The van der Waals surface area contributed by atoms with Gasteiger partial charge in [0.25, 0.3) is 11.8 Å². The number of ether oxygens (including phenoxy) is 8. The van der Waals surface area contributed by atoms with E-state index in [4.69, 9.17) is 46.3 Å². The van der Waals surface area contributed by atoms with E-state index in [0.29, 0.717) is 69.5 Å². The van der Waals surface area contributed by atoms with Crippen LogP contribution in [0, 0.1) is 41.4 Å². The van der Waals surface area contributed by atoms with Gasteiger partial charge >= 0.3 is 28.4 Å². The number of benzene rings is 3. The largest absolute Gasteiger partial charge is 0.501 e. The van der Waals surface area contributed by atoms with E-state index in [1.165, 1.54) is 73.6 Å². The number of aliphatic hydroxyl groups is 3. The Morgan fingerprint density at radius 1 is 0.724 bits per heavy atom. The van der Waals surface area contributed by atoms with Gasteiger partial charge in [0.1, 0.15) is 54.2 Å². The minimum absolute atomic E-state index is 0.0526. The van der Waals surface area contributed by atoms with Crippen LogP contribution in [0.4, 0.5) is 4.79 Å². The van der Waals surface area contributed by atoms with Crippen molar-refractivity contribution in [2.75, 3.05) is 81.0 Å². The minimum atomic E-state index is -5.20. The zero-order valence-electron chi connectivity index (χ0n) is 71.5. The summed E-state index contributed by atoms with van der Waals surface area (Å²) in [5, 5.41) is 65.4. The number of carboxylic acid groups (broad SMARTS) is 2. The lowest BCUT2D eigenvalue weighted by Crippen LogP contribution is -2.61. The Bertz CT molecular complexity index is 4340. The lowest BCUT2D eigenvalue weighted by Gasteiger charge is -2.41. The van der Waals surface area contributed by atoms with Crippen molar-refractivity contribution in [2.24, 2.45) is 41.4 Å². The quantitative estimate of drug-likeness (QED) is 0.0176. The van der Waals surface area contributed by atoms with Crippen LogP contribution in [0.25, 0.3) is 0 Å². The summed E-state index contributed by atoms with van der Waals surface area (Å²) in [7, 11) is 0.655. The fourth-order valence-electron chi connectivity index (χ4n) is 15.7. The van der Waals surface area contributed by atoms with Crippen LogP contribution < -0.4 is 23.7 Å². The first kappa shape index (κ1) is 98.5. The number of Topliss-reactive ketones (excluding diaryl/α,β-unsaturated/α-hetero) is 2. The van der Waals surface area contributed by atoms with E-state index in [-0.39, 0.29) is 130 Å². The highest BCUT2D eigenvalue weighted by molar-refractivity contribution is 7.82. The molecule has 3 unspecified atom stereocenters. The molecular formula is C85H119N9O28S. The van der Waals surface area contributed by atoms with Crippen LogP contribution in [0.15, 0.2) is 91.1 Å². The Hall–Kier alpha value is -9.90. The number of amides is 7. The third kappa shape index (κ3) is 28.1. The Labute approximate surface area is 715 Å². The molecule has 3 fully saturated rings. The second kappa shape index (κ2) is 47.3. The second-order valence-corrected chi connectivity index (χ2v) is 33.4. The Kier molecular flexibility index (Phi) is 37.9. The maximum Gasteiger partial charge on any atom is 0.501 e. The van der Waals surface area contributed by atoms with Gasteiger partial charge in [-0.3, -0.25) is 53.0 Å². The average molecular weight is 1750 g/mol. The first-order chi connectivity index (χ1) is 58.5. The molecule has 14 atom stereocenters. The Balaban J connectivity index is 0.798. The SMILES string of the molecule is CCC(C)[C@@H]([C@@H](CC(=O)N1CCC[C@H]1[C@H](OC)[C@@H](C)C(=O)CC(Cc1ccccc1)C(=O)O)OC)N(C)C(=O)[C@@H](NC(=O)[C@H](C(C)C)N(C)C(=O)OCc1ccc(OS(=O)(=O)Oc2cc(C(=O)CCCOCCn3cc(COCCOCCNC(=O)C4CCC(CN5C(=O)C=CC5=O)CC4)nn3)ccc2OC2O[C@H](C(=O)O)[C@@H](O)[C@H](O)[C@H]2O)cc1)C(C)C. The minimum Gasteiger partial charge on any atom is -0.481 e. The van der Waals surface area contributed by atoms with E-state index in [1.807, 2.05) is 32.0 Å². The zero-order valence-corrected chi connectivity index (χ0v) is 72.3. The predicted molar refractivity (Wildman–Crippen MR) is 438 cm³/mol. The number of likely N-dealkylation sites (tertiary alicyclic amines) is 1. The Morgan fingerprint density at radius 3 is 2.05 bits per heavy atom. The molecule has 37 nitrogen and oxygen atoms in total. The third-order valence-electron chi connectivity index (χ3n) is 22.8. The van der Waals surface area contributed by atoms with Crippen LogP contribution in [-0.2, 0) is 113 Å². The van der Waals surface area contributed by atoms with Crippen LogP contribution in [0.5, 0.6) is 17.2 Å². The molecule has 1 aliphatic carbocycles. The fraction of sp³-hybridized carbons (Fsp3) is 0.612. The van der Waals surface area contributed by atoms with E-state index in [0.717, 1.165) is 35.4 Å². The lowest BCUT2D eigenvalue weighted by molar-refractivity contribution is -0.271. The standard InChI is InChI=1S/C85H119N9O28S/c1-12-52(6)73(67(113-10)45-70(99)93-35-16-20-62(93)77(114-11)53(7)64(96)43-59(82(106)107)42-54-18-14-13-15-19-54)90(8)81(105)71(50(2)3)87-80(104)72(51(4)5)91(9)85(110)118-48-56-24-29-61(30-25-56)121-123(111,112)122-66-44-58(28-31-65(66)119-84-76(102)74(100)75(101)78(120-84)83(108)109)63(95)21-17-37-115-39-36-92-47-60(88-89-92)49-117-41-40-116-38-34-86-79(103)57-26-22-55(23-27-57)46-94-68(97)32-33-69(94)98/h13-15,18-19,24-25,28-33,44,47,50-53,55,57,59,62,67,71-78,84,100-102H,12,16-17,20-23,26-27,34-43,45-46,48-49H2,1-11H3,(H,86,103)(H,87,104)(H,106,107)(H,108,109)/t52?,53-,55?,57?,59?,62-,67+,71-,72-,73-,74-,75-,76+,77+,78-,84?/m0/s1. The summed E-state index contributed by atoms with van der Waals surface area (Å²) in [6, 6.07) is 13.9. The van der Waals surface area contributed by atoms with Crippen molar-refractivity contribution < 1.29 is 133 Å². The molecule has 4 aliphatic rings. The van der Waals surface area contributed by atoms with Gasteiger partial charge in [0.05, 0.1) is 82.4 Å². The van der Waals surface area contributed by atoms with E-state index in [1.54, 1.807) is 69.6 Å². The first-order valence-electron chi connectivity index (χ1n) is 41.6. The summed E-state index contributed by atoms with van der Waals surface area (Å²) in [6.07, 6.45) is -4.42. The van der Waals surface area contributed by atoms with Gasteiger partial charge < -0.3 is 92.2 Å². The lowest BCUT2D eigenvalue weighted by atomic mass is 9.81. The molecule has 3 aromatic carbocycles. The number of aromatic nitrogens is 3. The highest BCUT2D eigenvalue weighted by atomic mass is 32.3. The van der Waals surface area contributed by atoms with E-state index in [2.05, 4.69) is 20.9 Å². The molecule has 3 aliphatic heterocycles. The van der Waals surface area contributed by atoms with Crippen molar-refractivity contribution in [1.29, 1.82) is 0 Å². The summed E-state index contributed by atoms with van der Waals surface area (Å²) in [6.45, 7) is 14.6. The Morgan fingerprint density at radius 2 is 1.41 bits per heavy atom. The van der Waals surface area contributed by atoms with Crippen molar-refractivity contribution in [2.45, 2.75) is 212 Å². The van der Waals surface area contributed by atoms with E-state index in [9.17, 15) is 86.7 Å². The van der Waals surface area contributed by atoms with Gasteiger partial charge in [-0.25, -0.2) is 14.3 Å². The van der Waals surface area contributed by atoms with Crippen LogP contribution >= 0.6 is 0 Å². The van der Waals surface area contributed by atoms with E-state index < -0.39 is 155 Å². The zero-order chi connectivity index (χ0) is 89.9. The fourth-order valence-corrected chi connectivity index (χ4v) is 16.4. The number of ketones is 2. The number of hydrogen-bond donors (Lipinski definition) is 7. The number of imide groups is 1. The topological polar surface area (TPSA) is 483 Å². The first-order valence-corrected chi connectivity index (χ1v) is 42.9. The number of aliphatic carboxylic acids is 2. The van der Waals surface area contributed by atoms with Crippen molar-refractivity contribution >= 4 is 75.4 Å². The van der Waals surface area contributed by atoms with Gasteiger partial charge in [-0.1, -0.05) is 103 Å². The number of nitrogens with zero attached hydrogens (tertiary/aromatic N) is 7. The molecule has 2 saturated heterocycles. The van der Waals surface area contributed by atoms with Crippen LogP contribution in [0.2, 0.25) is 0 Å². The number of methoxy groups -OCH3 is 2. The number of carboxylic acids is 2. The molecule has 4 aromatic rings. The van der Waals surface area contributed by atoms with E-state index >= 15 is 0 Å². The van der Waals surface area contributed by atoms with Crippen molar-refractivity contribution in [1.82, 2.24) is 45.2 Å². The molecule has 0 radical (unpaired) electrons. The van der Waals surface area contributed by atoms with Gasteiger partial charge in [0.2, 0.25) is 29.9 Å². The highest BCUT2D eigenvalue weighted by Crippen LogP contribution is 2.37. The van der Waals surface area contributed by atoms with Crippen LogP contribution in [0.1, 0.15) is 146 Å². The number of carbonyl (C=O) groups is 11. The number of likely N-dealkylation sites (N-methyl/N-ethyl adjacent to an activating group) is 2. The molecular weight excluding hydrogens is 1630 g/mol. The normalized spacial score (nSPS) is 21.1. The van der Waals surface area contributed by atoms with Gasteiger partial charge in [0, 0.05) is 96.9 Å². The molecule has 123 heavy (non-hydrogen) atoms. The summed E-state index contributed by atoms with van der Waals surface area (Å²) in [4.78, 5) is 152. The monoisotopic (exact) mass is 1750 g/mol. The molecule has 0 spiro atoms. The molecule has 7 N–H and O–H groups in total. The van der Waals surface area contributed by atoms with Crippen molar-refractivity contribution in [3.63, 3.8) is 0 Å². The number of aliphatic hydroxyl groups excluding tert-OH is 3. The summed E-state index contributed by atoms with van der Waals surface area (Å²) < 4.78 is 85.3. The predicted octanol–water partition coefficient (Wildman–Crippen LogP) is 4.87. The summed E-state index contributed by atoms with van der Waals surface area (Å²) >= 11 is 0. The van der Waals surface area contributed by atoms with Gasteiger partial charge in [-0.2, -0.15) is 0 Å². The maximum atomic E-state index is 14.9. The molecule has 4 heterocycles. The molecule has 0 bridgehead atoms. The number of nitrogens with one attached hydrogen (secondary N) is 2. The number of rotatable bonds is 50. The summed E-state index contributed by atoms with van der Waals surface area (Å²) in [5.41, 5.74) is 1.53. The molecule has 1 saturated carbocycles. The number of carbonyl (C=O) groups excluding carboxylic acids is 9. The molecule has 38 heteroatoms. The molecule has 1 aromatic heterocycles. The van der Waals surface area contributed by atoms with Gasteiger partial charge in [0.15, 0.2) is 23.4 Å². The third-order valence-corrected chi connectivity index (χ3v) is 23.6. The van der Waals surface area contributed by atoms with Crippen LogP contribution in [0.3, 0.4) is 0 Å². The van der Waals surface area contributed by atoms with Crippen molar-refractivity contribution in [3.8, 4) is 17.2 Å². The molecule has 7 amide bonds. The van der Waals surface area contributed by atoms with Crippen molar-refractivity contribution in [3.05, 3.63) is 114 Å². The van der Waals surface area contributed by atoms with Crippen LogP contribution in [-0.4, -0.2) is 282 Å².